The molecule has 0 bridgehead atoms. The van der Waals surface area contributed by atoms with Crippen molar-refractivity contribution in [3.05, 3.63) is 0 Å². The van der Waals surface area contributed by atoms with Gasteiger partial charge in [0.15, 0.2) is 0 Å². The van der Waals surface area contributed by atoms with E-state index in [1.807, 2.05) is 0 Å². The summed E-state index contributed by atoms with van der Waals surface area (Å²) >= 11 is 0. The Labute approximate surface area is 71.1 Å². The topological polar surface area (TPSA) is 93.5 Å². The standard InChI is InChI=1S/C4H8NO5PS/c1-9-11(6)4(3-5)10-12(2,7)8/h4,11H,1-2H3. The summed E-state index contributed by atoms with van der Waals surface area (Å²) in [4.78, 5) is 0. The highest BCUT2D eigenvalue weighted by Crippen LogP contribution is 2.29. The van der Waals surface area contributed by atoms with E-state index >= 15 is 0 Å². The Balaban J connectivity index is 4.43. The first-order valence-electron chi connectivity index (χ1n) is 2.76. The minimum Gasteiger partial charge on any atom is -0.331 e. The number of nitrogens with zero attached hydrogens (tertiary/aromatic N) is 1. The molecule has 0 heterocycles. The van der Waals surface area contributed by atoms with E-state index in [0.717, 1.165) is 13.4 Å². The van der Waals surface area contributed by atoms with Gasteiger partial charge in [-0.1, -0.05) is 0 Å². The lowest BCUT2D eigenvalue weighted by molar-refractivity contribution is 0.299. The predicted octanol–water partition coefficient (Wildman–Crippen LogP) is -0.0666. The van der Waals surface area contributed by atoms with Crippen molar-refractivity contribution >= 4 is 18.1 Å². The highest BCUT2D eigenvalue weighted by molar-refractivity contribution is 7.86. The molecule has 2 unspecified atom stereocenters. The minimum atomic E-state index is -3.77. The maximum absolute atomic E-state index is 10.8. The van der Waals surface area contributed by atoms with Gasteiger partial charge in [0.25, 0.3) is 10.1 Å². The van der Waals surface area contributed by atoms with Gasteiger partial charge in [0.05, 0.1) is 6.26 Å². The smallest absolute Gasteiger partial charge is 0.266 e. The zero-order chi connectivity index (χ0) is 9.78. The van der Waals surface area contributed by atoms with Crippen LogP contribution in [0.2, 0.25) is 0 Å². The van der Waals surface area contributed by atoms with E-state index in [0.29, 0.717) is 0 Å². The van der Waals surface area contributed by atoms with Crippen LogP contribution in [0.15, 0.2) is 0 Å². The molecule has 2 atom stereocenters. The molecule has 70 valence electrons. The molecule has 0 radical (unpaired) electrons. The van der Waals surface area contributed by atoms with Crippen LogP contribution in [0, 0.1) is 11.3 Å². The number of rotatable bonds is 4. The Morgan fingerprint density at radius 1 is 1.58 bits per heavy atom. The molecule has 0 aliphatic heterocycles. The molecule has 0 amide bonds. The van der Waals surface area contributed by atoms with Crippen LogP contribution in [-0.4, -0.2) is 27.6 Å². The first-order valence-corrected chi connectivity index (χ1v) is 5.97. The molecule has 0 aromatic heterocycles. The number of hydrogen-bond donors (Lipinski definition) is 0. The van der Waals surface area contributed by atoms with E-state index in [-0.39, 0.29) is 0 Å². The van der Waals surface area contributed by atoms with Crippen LogP contribution in [0.5, 0.6) is 0 Å². The summed E-state index contributed by atoms with van der Waals surface area (Å²) in [5.74, 6) is -1.53. The van der Waals surface area contributed by atoms with Crippen molar-refractivity contribution in [2.24, 2.45) is 0 Å². The highest BCUT2D eigenvalue weighted by atomic mass is 32.2. The van der Waals surface area contributed by atoms with Crippen LogP contribution < -0.4 is 0 Å². The monoisotopic (exact) mass is 213 g/mol. The lowest BCUT2D eigenvalue weighted by Gasteiger charge is -2.05. The van der Waals surface area contributed by atoms with Gasteiger partial charge in [-0.15, -0.1) is 0 Å². The summed E-state index contributed by atoms with van der Waals surface area (Å²) in [6.45, 7) is 0. The Bertz CT molecular complexity index is 304. The van der Waals surface area contributed by atoms with Gasteiger partial charge in [0, 0.05) is 7.11 Å². The van der Waals surface area contributed by atoms with Crippen molar-refractivity contribution < 1.29 is 21.7 Å². The second-order valence-electron chi connectivity index (χ2n) is 1.83. The Hall–Kier alpha value is -0.410. The quantitative estimate of drug-likeness (QED) is 0.479. The molecule has 0 aliphatic carbocycles. The summed E-state index contributed by atoms with van der Waals surface area (Å²) < 4.78 is 40.2. The fourth-order valence-electron chi connectivity index (χ4n) is 0.395. The maximum atomic E-state index is 10.8. The van der Waals surface area contributed by atoms with Crippen LogP contribution in [0.1, 0.15) is 0 Å². The van der Waals surface area contributed by atoms with Crippen LogP contribution in [0.3, 0.4) is 0 Å². The van der Waals surface area contributed by atoms with Crippen molar-refractivity contribution in [1.82, 2.24) is 0 Å². The minimum absolute atomic E-state index is 0.766. The maximum Gasteiger partial charge on any atom is 0.266 e. The first-order chi connectivity index (χ1) is 5.40. The molecule has 0 aliphatic rings. The molecule has 0 aromatic carbocycles. The largest absolute Gasteiger partial charge is 0.331 e. The molecule has 0 saturated heterocycles. The lowest BCUT2D eigenvalue weighted by atomic mass is 10.8. The second kappa shape index (κ2) is 4.58. The number of hydrogen-bond acceptors (Lipinski definition) is 6. The Morgan fingerprint density at radius 2 is 2.08 bits per heavy atom. The van der Waals surface area contributed by atoms with Crippen molar-refractivity contribution in [3.8, 4) is 6.07 Å². The average molecular weight is 213 g/mol. The first kappa shape index (κ1) is 11.6. The van der Waals surface area contributed by atoms with Gasteiger partial charge < -0.3 is 4.52 Å². The summed E-state index contributed by atoms with van der Waals surface area (Å²) in [6, 6.07) is 1.42. The van der Waals surface area contributed by atoms with Gasteiger partial charge in [0.2, 0.25) is 13.9 Å². The molecule has 0 rings (SSSR count). The van der Waals surface area contributed by atoms with Gasteiger partial charge in [-0.25, -0.2) is 4.18 Å². The summed E-state index contributed by atoms with van der Waals surface area (Å²) in [7, 11) is -5.42. The summed E-state index contributed by atoms with van der Waals surface area (Å²) in [5, 5.41) is 8.30. The Kier molecular flexibility index (Phi) is 4.42. The van der Waals surface area contributed by atoms with Crippen LogP contribution in [0.25, 0.3) is 0 Å². The molecule has 6 nitrogen and oxygen atoms in total. The van der Waals surface area contributed by atoms with E-state index in [9.17, 15) is 13.0 Å². The third-order valence-corrected chi connectivity index (χ3v) is 2.59. The molecular weight excluding hydrogens is 205 g/mol. The molecule has 0 spiro atoms. The van der Waals surface area contributed by atoms with Crippen LogP contribution in [0.4, 0.5) is 0 Å². The molecule has 12 heavy (non-hydrogen) atoms. The van der Waals surface area contributed by atoms with Crippen LogP contribution >= 0.6 is 8.03 Å². The number of nitriles is 1. The SMILES string of the molecule is CO[PH](=O)C(C#N)OS(C)(=O)=O. The van der Waals surface area contributed by atoms with Crippen molar-refractivity contribution in [2.45, 2.75) is 5.85 Å². The third kappa shape index (κ3) is 4.46. The fraction of sp³-hybridized carbons (Fsp3) is 0.750. The van der Waals surface area contributed by atoms with Gasteiger partial charge in [0.1, 0.15) is 6.07 Å². The highest BCUT2D eigenvalue weighted by Gasteiger charge is 2.21. The van der Waals surface area contributed by atoms with Gasteiger partial charge >= 0.3 is 0 Å². The van der Waals surface area contributed by atoms with Crippen molar-refractivity contribution in [3.63, 3.8) is 0 Å². The fourth-order valence-corrected chi connectivity index (χ4v) is 1.95. The zero-order valence-electron chi connectivity index (χ0n) is 6.47. The van der Waals surface area contributed by atoms with E-state index in [1.54, 1.807) is 0 Å². The van der Waals surface area contributed by atoms with Gasteiger partial charge in [-0.2, -0.15) is 13.7 Å². The molecule has 0 fully saturated rings. The third-order valence-electron chi connectivity index (χ3n) is 0.804. The molecule has 0 saturated carbocycles. The molecular formula is C4H8NO5PS. The summed E-state index contributed by atoms with van der Waals surface area (Å²) in [6.07, 6.45) is 0.766. The average Bonchev–Trinajstić information content (AvgIpc) is 1.97. The van der Waals surface area contributed by atoms with Crippen molar-refractivity contribution in [1.29, 1.82) is 5.26 Å². The Morgan fingerprint density at radius 3 is 2.33 bits per heavy atom. The predicted molar refractivity (Wildman–Crippen MR) is 41.3 cm³/mol. The van der Waals surface area contributed by atoms with Gasteiger partial charge in [-0.3, -0.25) is 4.57 Å². The van der Waals surface area contributed by atoms with Crippen molar-refractivity contribution in [2.75, 3.05) is 13.4 Å². The second-order valence-corrected chi connectivity index (χ2v) is 5.00. The molecule has 0 aromatic rings. The normalized spacial score (nSPS) is 16.4. The lowest BCUT2D eigenvalue weighted by Crippen LogP contribution is -2.12. The molecule has 0 N–H and O–H groups in total. The van der Waals surface area contributed by atoms with E-state index < -0.39 is 24.0 Å². The van der Waals surface area contributed by atoms with Gasteiger partial charge in [-0.05, 0) is 0 Å². The van der Waals surface area contributed by atoms with E-state index in [2.05, 4.69) is 8.71 Å². The zero-order valence-corrected chi connectivity index (χ0v) is 8.29. The molecule has 8 heteroatoms. The van der Waals surface area contributed by atoms with E-state index in [4.69, 9.17) is 5.26 Å². The summed E-state index contributed by atoms with van der Waals surface area (Å²) in [5.41, 5.74) is 0. The van der Waals surface area contributed by atoms with E-state index in [1.165, 1.54) is 6.07 Å². The van der Waals surface area contributed by atoms with Crippen LogP contribution in [-0.2, 0) is 23.4 Å².